The number of fused-ring (bicyclic) bond motifs is 1. The van der Waals surface area contributed by atoms with Gasteiger partial charge in [-0.1, -0.05) is 0 Å². The van der Waals surface area contributed by atoms with Gasteiger partial charge >= 0.3 is 0 Å². The van der Waals surface area contributed by atoms with Crippen molar-refractivity contribution in [2.75, 3.05) is 31.7 Å². The Bertz CT molecular complexity index is 489. The molecule has 0 bridgehead atoms. The fourth-order valence-corrected chi connectivity index (χ4v) is 2.12. The minimum Gasteiger partial charge on any atom is -0.384 e. The molecule has 3 rings (SSSR count). The summed E-state index contributed by atoms with van der Waals surface area (Å²) in [5, 5.41) is 7.88. The van der Waals surface area contributed by atoms with Crippen LogP contribution in [0.25, 0.3) is 11.0 Å². The van der Waals surface area contributed by atoms with Crippen LogP contribution in [-0.4, -0.2) is 42.0 Å². The topological polar surface area (TPSA) is 54.0 Å². The predicted molar refractivity (Wildman–Crippen MR) is 61.5 cm³/mol. The number of anilines is 1. The van der Waals surface area contributed by atoms with E-state index in [1.165, 1.54) is 5.69 Å². The number of methoxy groups -OCH3 is 1. The van der Waals surface area contributed by atoms with E-state index in [1.54, 1.807) is 13.3 Å². The maximum Gasteiger partial charge on any atom is 0.155 e. The lowest BCUT2D eigenvalue weighted by Crippen LogP contribution is -2.48. The average Bonchev–Trinajstić information content (AvgIpc) is 2.69. The van der Waals surface area contributed by atoms with Gasteiger partial charge in [-0.2, -0.15) is 5.10 Å². The van der Waals surface area contributed by atoms with Gasteiger partial charge in [-0.25, -0.2) is 4.98 Å². The molecule has 5 heteroatoms. The van der Waals surface area contributed by atoms with E-state index in [4.69, 9.17) is 4.74 Å². The monoisotopic (exact) mass is 218 g/mol. The lowest BCUT2D eigenvalue weighted by molar-refractivity contribution is 0.137. The average molecular weight is 218 g/mol. The number of aromatic amines is 1. The van der Waals surface area contributed by atoms with Crippen LogP contribution in [0.15, 0.2) is 18.5 Å². The van der Waals surface area contributed by atoms with Crippen LogP contribution < -0.4 is 4.90 Å². The van der Waals surface area contributed by atoms with Crippen LogP contribution in [0.3, 0.4) is 0 Å². The van der Waals surface area contributed by atoms with Gasteiger partial charge < -0.3 is 9.64 Å². The molecule has 5 nitrogen and oxygen atoms in total. The zero-order valence-electron chi connectivity index (χ0n) is 9.18. The summed E-state index contributed by atoms with van der Waals surface area (Å²) in [6.07, 6.45) is 3.70. The standard InChI is InChI=1S/C11H14N4O/c1-16-7-8-5-15(6-8)10-2-9-3-13-14-11(9)12-4-10/h2-4,8H,5-7H2,1H3,(H,12,13,14). The summed E-state index contributed by atoms with van der Waals surface area (Å²) in [6, 6.07) is 2.12. The summed E-state index contributed by atoms with van der Waals surface area (Å²) >= 11 is 0. The molecule has 0 unspecified atom stereocenters. The molecule has 1 fully saturated rings. The van der Waals surface area contributed by atoms with Gasteiger partial charge in [0.15, 0.2) is 5.65 Å². The highest BCUT2D eigenvalue weighted by atomic mass is 16.5. The van der Waals surface area contributed by atoms with Crippen LogP contribution >= 0.6 is 0 Å². The Balaban J connectivity index is 1.75. The molecule has 0 aromatic carbocycles. The van der Waals surface area contributed by atoms with Gasteiger partial charge in [-0.3, -0.25) is 5.10 Å². The Labute approximate surface area is 93.4 Å². The SMILES string of the molecule is COCC1CN(c2cnc3[nH]ncc3c2)C1. The molecule has 2 aromatic rings. The normalized spacial score (nSPS) is 16.7. The van der Waals surface area contributed by atoms with Crippen LogP contribution in [-0.2, 0) is 4.74 Å². The Morgan fingerprint density at radius 2 is 2.38 bits per heavy atom. The molecule has 1 saturated heterocycles. The third kappa shape index (κ3) is 1.53. The number of aromatic nitrogens is 3. The lowest BCUT2D eigenvalue weighted by Gasteiger charge is -2.40. The number of hydrogen-bond donors (Lipinski definition) is 1. The molecule has 3 heterocycles. The van der Waals surface area contributed by atoms with Crippen molar-refractivity contribution in [3.05, 3.63) is 18.5 Å². The number of hydrogen-bond acceptors (Lipinski definition) is 4. The van der Waals surface area contributed by atoms with E-state index in [2.05, 4.69) is 26.1 Å². The van der Waals surface area contributed by atoms with Crippen molar-refractivity contribution in [1.29, 1.82) is 0 Å². The summed E-state index contributed by atoms with van der Waals surface area (Å²) in [5.41, 5.74) is 2.01. The van der Waals surface area contributed by atoms with Crippen molar-refractivity contribution in [3.8, 4) is 0 Å². The van der Waals surface area contributed by atoms with Gasteiger partial charge in [-0.15, -0.1) is 0 Å². The van der Waals surface area contributed by atoms with Gasteiger partial charge in [0.1, 0.15) is 0 Å². The van der Waals surface area contributed by atoms with Gasteiger partial charge in [0.2, 0.25) is 0 Å². The first-order chi connectivity index (χ1) is 7.86. The van der Waals surface area contributed by atoms with Crippen molar-refractivity contribution >= 4 is 16.7 Å². The highest BCUT2D eigenvalue weighted by Crippen LogP contribution is 2.25. The summed E-state index contributed by atoms with van der Waals surface area (Å²) in [7, 11) is 1.75. The van der Waals surface area contributed by atoms with E-state index in [1.807, 2.05) is 6.20 Å². The molecule has 0 aliphatic carbocycles. The minimum absolute atomic E-state index is 0.657. The van der Waals surface area contributed by atoms with Gasteiger partial charge in [-0.05, 0) is 6.07 Å². The Hall–Kier alpha value is -1.62. The Kier molecular flexibility index (Phi) is 2.25. The fourth-order valence-electron chi connectivity index (χ4n) is 2.12. The molecular weight excluding hydrogens is 204 g/mol. The third-order valence-electron chi connectivity index (χ3n) is 3.00. The van der Waals surface area contributed by atoms with E-state index in [-0.39, 0.29) is 0 Å². The third-order valence-corrected chi connectivity index (χ3v) is 3.00. The molecule has 16 heavy (non-hydrogen) atoms. The second kappa shape index (κ2) is 3.75. The van der Waals surface area contributed by atoms with E-state index in [0.717, 1.165) is 30.7 Å². The van der Waals surface area contributed by atoms with Gasteiger partial charge in [0.25, 0.3) is 0 Å². The lowest BCUT2D eigenvalue weighted by atomic mass is 10.0. The molecular formula is C11H14N4O. The maximum atomic E-state index is 5.13. The molecule has 2 aromatic heterocycles. The van der Waals surface area contributed by atoms with Crippen LogP contribution in [0, 0.1) is 5.92 Å². The number of H-pyrrole nitrogens is 1. The van der Waals surface area contributed by atoms with Gasteiger partial charge in [0.05, 0.1) is 24.7 Å². The summed E-state index contributed by atoms with van der Waals surface area (Å²) in [5.74, 6) is 0.657. The molecule has 1 aliphatic heterocycles. The molecule has 0 spiro atoms. The van der Waals surface area contributed by atoms with Crippen molar-refractivity contribution in [2.45, 2.75) is 0 Å². The molecule has 0 atom stereocenters. The molecule has 0 radical (unpaired) electrons. The van der Waals surface area contributed by atoms with E-state index >= 15 is 0 Å². The maximum absolute atomic E-state index is 5.13. The van der Waals surface area contributed by atoms with Crippen molar-refractivity contribution in [3.63, 3.8) is 0 Å². The fraction of sp³-hybridized carbons (Fsp3) is 0.455. The van der Waals surface area contributed by atoms with E-state index in [0.29, 0.717) is 5.92 Å². The second-order valence-electron chi connectivity index (χ2n) is 4.23. The number of ether oxygens (including phenoxy) is 1. The van der Waals surface area contributed by atoms with Crippen molar-refractivity contribution in [2.24, 2.45) is 5.92 Å². The van der Waals surface area contributed by atoms with Crippen LogP contribution in [0.5, 0.6) is 0 Å². The zero-order valence-corrected chi connectivity index (χ0v) is 9.18. The summed E-state index contributed by atoms with van der Waals surface area (Å²) in [4.78, 5) is 6.63. The minimum atomic E-state index is 0.657. The van der Waals surface area contributed by atoms with Crippen molar-refractivity contribution < 1.29 is 4.74 Å². The smallest absolute Gasteiger partial charge is 0.155 e. The van der Waals surface area contributed by atoms with E-state index < -0.39 is 0 Å². The van der Waals surface area contributed by atoms with Crippen LogP contribution in [0.1, 0.15) is 0 Å². The molecule has 0 amide bonds. The predicted octanol–water partition coefficient (Wildman–Crippen LogP) is 1.04. The van der Waals surface area contributed by atoms with Crippen molar-refractivity contribution in [1.82, 2.24) is 15.2 Å². The van der Waals surface area contributed by atoms with Gasteiger partial charge in [0, 0.05) is 31.5 Å². The van der Waals surface area contributed by atoms with E-state index in [9.17, 15) is 0 Å². The molecule has 1 aliphatic rings. The van der Waals surface area contributed by atoms with Crippen LogP contribution in [0.2, 0.25) is 0 Å². The first-order valence-corrected chi connectivity index (χ1v) is 5.40. The number of rotatable bonds is 3. The Morgan fingerprint density at radius 3 is 3.19 bits per heavy atom. The second-order valence-corrected chi connectivity index (χ2v) is 4.23. The number of pyridine rings is 1. The highest BCUT2D eigenvalue weighted by Gasteiger charge is 2.26. The first kappa shape index (κ1) is 9.59. The first-order valence-electron chi connectivity index (χ1n) is 5.40. The quantitative estimate of drug-likeness (QED) is 0.836. The molecule has 0 saturated carbocycles. The summed E-state index contributed by atoms with van der Waals surface area (Å²) in [6.45, 7) is 2.95. The zero-order chi connectivity index (χ0) is 11.0. The summed E-state index contributed by atoms with van der Waals surface area (Å²) < 4.78 is 5.13. The molecule has 84 valence electrons. The highest BCUT2D eigenvalue weighted by molar-refractivity contribution is 5.77. The number of nitrogens with one attached hydrogen (secondary N) is 1. The number of nitrogens with zero attached hydrogens (tertiary/aromatic N) is 3. The van der Waals surface area contributed by atoms with Crippen LogP contribution in [0.4, 0.5) is 5.69 Å². The molecule has 1 N–H and O–H groups in total. The Morgan fingerprint density at radius 1 is 1.50 bits per heavy atom. The largest absolute Gasteiger partial charge is 0.384 e.